The Balaban J connectivity index is 1.67. The number of nitrogens with zero attached hydrogens (tertiary/aromatic N) is 2. The lowest BCUT2D eigenvalue weighted by atomic mass is 9.89. The first-order valence-corrected chi connectivity index (χ1v) is 7.67. The quantitative estimate of drug-likeness (QED) is 0.739. The third-order valence-electron chi connectivity index (χ3n) is 4.83. The molecule has 2 aliphatic heterocycles. The van der Waals surface area contributed by atoms with Gasteiger partial charge in [0.2, 0.25) is 5.60 Å². The molecule has 0 aromatic carbocycles. The van der Waals surface area contributed by atoms with Crippen LogP contribution >= 0.6 is 0 Å². The molecule has 8 heteroatoms. The Morgan fingerprint density at radius 1 is 1.39 bits per heavy atom. The van der Waals surface area contributed by atoms with Crippen molar-refractivity contribution in [2.75, 3.05) is 13.1 Å². The molecule has 1 saturated carbocycles. The van der Waals surface area contributed by atoms with Crippen molar-refractivity contribution in [2.45, 2.75) is 57.9 Å². The van der Waals surface area contributed by atoms with Gasteiger partial charge in [-0.3, -0.25) is 0 Å². The lowest BCUT2D eigenvalue weighted by molar-refractivity contribution is -0.261. The van der Waals surface area contributed by atoms with Gasteiger partial charge < -0.3 is 14.5 Å². The second kappa shape index (κ2) is 4.54. The molecule has 2 heterocycles. The molecule has 23 heavy (non-hydrogen) atoms. The van der Waals surface area contributed by atoms with Gasteiger partial charge >= 0.3 is 12.3 Å². The van der Waals surface area contributed by atoms with Crippen LogP contribution in [0.5, 0.6) is 0 Å². The van der Waals surface area contributed by atoms with Crippen LogP contribution < -0.4 is 0 Å². The van der Waals surface area contributed by atoms with E-state index in [9.17, 15) is 18.0 Å². The Hall–Kier alpha value is -1.47. The summed E-state index contributed by atoms with van der Waals surface area (Å²) in [5, 5.41) is 3.74. The average Bonchev–Trinajstić information content (AvgIpc) is 2.76. The number of halogens is 3. The fourth-order valence-electron chi connectivity index (χ4n) is 3.35. The van der Waals surface area contributed by atoms with E-state index in [1.807, 2.05) is 0 Å². The average molecular weight is 334 g/mol. The molecule has 1 aliphatic carbocycles. The number of rotatable bonds is 1. The van der Waals surface area contributed by atoms with E-state index >= 15 is 0 Å². The second-order valence-electron chi connectivity index (χ2n) is 7.95. The number of carbonyl (C=O) groups is 1. The minimum absolute atomic E-state index is 0.146. The molecule has 0 N–H and O–H groups in total. The van der Waals surface area contributed by atoms with Crippen LogP contribution in [0.15, 0.2) is 5.16 Å². The monoisotopic (exact) mass is 334 g/mol. The summed E-state index contributed by atoms with van der Waals surface area (Å²) < 4.78 is 44.5. The largest absolute Gasteiger partial charge is 0.444 e. The van der Waals surface area contributed by atoms with Crippen LogP contribution in [0.4, 0.5) is 18.0 Å². The van der Waals surface area contributed by atoms with Crippen molar-refractivity contribution in [3.63, 3.8) is 0 Å². The van der Waals surface area contributed by atoms with Gasteiger partial charge in [-0.15, -0.1) is 0 Å². The summed E-state index contributed by atoms with van der Waals surface area (Å²) >= 11 is 0. The van der Waals surface area contributed by atoms with Crippen LogP contribution in [0.2, 0.25) is 0 Å². The molecule has 0 aromatic heterocycles. The number of carbonyl (C=O) groups excluding carboxylic acids is 1. The van der Waals surface area contributed by atoms with Crippen molar-refractivity contribution in [3.8, 4) is 0 Å². The molecule has 0 radical (unpaired) electrons. The Kier molecular flexibility index (Phi) is 3.24. The summed E-state index contributed by atoms with van der Waals surface area (Å²) in [5.41, 5.74) is -2.89. The van der Waals surface area contributed by atoms with Gasteiger partial charge in [0.25, 0.3) is 0 Å². The highest BCUT2D eigenvalue weighted by Crippen LogP contribution is 2.61. The maximum atomic E-state index is 13.1. The molecule has 0 aromatic rings. The predicted molar refractivity (Wildman–Crippen MR) is 75.9 cm³/mol. The van der Waals surface area contributed by atoms with Gasteiger partial charge in [-0.2, -0.15) is 13.2 Å². The minimum atomic E-state index is -4.47. The Morgan fingerprint density at radius 3 is 2.57 bits per heavy atom. The van der Waals surface area contributed by atoms with E-state index in [2.05, 4.69) is 5.16 Å². The number of oxime groups is 1. The van der Waals surface area contributed by atoms with E-state index in [1.165, 1.54) is 0 Å². The van der Waals surface area contributed by atoms with Gasteiger partial charge in [0.05, 0.1) is 5.71 Å². The molecule has 0 bridgehead atoms. The molecule has 130 valence electrons. The summed E-state index contributed by atoms with van der Waals surface area (Å²) in [6, 6.07) is 0. The van der Waals surface area contributed by atoms with E-state index in [0.29, 0.717) is 18.8 Å². The topological polar surface area (TPSA) is 51.1 Å². The number of fused-ring (bicyclic) bond motifs is 1. The van der Waals surface area contributed by atoms with Crippen LogP contribution in [0.25, 0.3) is 0 Å². The molecule has 3 rings (SSSR count). The molecule has 3 atom stereocenters. The van der Waals surface area contributed by atoms with Crippen molar-refractivity contribution in [3.05, 3.63) is 0 Å². The van der Waals surface area contributed by atoms with Crippen molar-refractivity contribution in [1.29, 1.82) is 0 Å². The number of ether oxygens (including phenoxy) is 1. The molecule has 1 amide bonds. The summed E-state index contributed by atoms with van der Waals surface area (Å²) in [5.74, 6) is 0.146. The fraction of sp³-hybridized carbons (Fsp3) is 0.867. The predicted octanol–water partition coefficient (Wildman–Crippen LogP) is 3.34. The van der Waals surface area contributed by atoms with E-state index in [-0.39, 0.29) is 12.3 Å². The highest BCUT2D eigenvalue weighted by molar-refractivity contribution is 5.96. The maximum Gasteiger partial charge on any atom is 0.431 e. The standard InChI is InChI=1S/C15H21F3N2O3/c1-12(2,3)22-11(21)20-7-9-5-14(9,8-20)10-6-13(4,23-19-10)15(16,17)18/h9H,5-8H2,1-4H3/t9-,13?,14-/m0/s1. The third-order valence-corrected chi connectivity index (χ3v) is 4.83. The van der Waals surface area contributed by atoms with Crippen LogP contribution in [0, 0.1) is 11.3 Å². The van der Waals surface area contributed by atoms with E-state index < -0.39 is 28.9 Å². The highest BCUT2D eigenvalue weighted by atomic mass is 19.4. The summed E-state index contributed by atoms with van der Waals surface area (Å²) in [6.45, 7) is 7.20. The Morgan fingerprint density at radius 2 is 2.04 bits per heavy atom. The van der Waals surface area contributed by atoms with Crippen LogP contribution in [-0.4, -0.2) is 47.2 Å². The van der Waals surface area contributed by atoms with Crippen LogP contribution in [-0.2, 0) is 9.57 Å². The smallest absolute Gasteiger partial charge is 0.431 e. The summed E-state index contributed by atoms with van der Waals surface area (Å²) in [6.07, 6.45) is -4.41. The van der Waals surface area contributed by atoms with Gasteiger partial charge in [0, 0.05) is 24.9 Å². The fourth-order valence-corrected chi connectivity index (χ4v) is 3.35. The Bertz CT molecular complexity index is 569. The normalized spacial score (nSPS) is 36.4. The molecular weight excluding hydrogens is 313 g/mol. The first kappa shape index (κ1) is 16.4. The lowest BCUT2D eigenvalue weighted by Crippen LogP contribution is -2.43. The third kappa shape index (κ3) is 2.65. The van der Waals surface area contributed by atoms with Gasteiger partial charge in [-0.05, 0) is 40.0 Å². The Labute approximate surface area is 132 Å². The van der Waals surface area contributed by atoms with E-state index in [1.54, 1.807) is 25.7 Å². The van der Waals surface area contributed by atoms with Gasteiger partial charge in [0.1, 0.15) is 5.60 Å². The SMILES string of the molecule is CC(C)(C)OC(=O)N1C[C@@H]2C[C@]2(C2=NOC(C)(C(F)(F)F)C2)C1. The number of amides is 1. The van der Waals surface area contributed by atoms with E-state index in [0.717, 1.165) is 13.3 Å². The lowest BCUT2D eigenvalue weighted by Gasteiger charge is -2.27. The molecule has 0 spiro atoms. The van der Waals surface area contributed by atoms with Crippen molar-refractivity contribution in [1.82, 2.24) is 4.90 Å². The summed E-state index contributed by atoms with van der Waals surface area (Å²) in [4.78, 5) is 18.4. The van der Waals surface area contributed by atoms with Crippen molar-refractivity contribution < 1.29 is 27.5 Å². The number of alkyl halides is 3. The second-order valence-corrected chi connectivity index (χ2v) is 7.95. The molecule has 1 saturated heterocycles. The van der Waals surface area contributed by atoms with Crippen LogP contribution in [0.1, 0.15) is 40.5 Å². The zero-order chi connectivity index (χ0) is 17.3. The van der Waals surface area contributed by atoms with Gasteiger partial charge in [0.15, 0.2) is 0 Å². The number of hydrogen-bond acceptors (Lipinski definition) is 4. The van der Waals surface area contributed by atoms with Crippen molar-refractivity contribution >= 4 is 11.8 Å². The van der Waals surface area contributed by atoms with Crippen LogP contribution in [0.3, 0.4) is 0 Å². The van der Waals surface area contributed by atoms with E-state index in [4.69, 9.17) is 9.57 Å². The zero-order valence-corrected chi connectivity index (χ0v) is 13.7. The highest BCUT2D eigenvalue weighted by Gasteiger charge is 2.68. The van der Waals surface area contributed by atoms with Crippen molar-refractivity contribution in [2.24, 2.45) is 16.5 Å². The molecule has 2 fully saturated rings. The van der Waals surface area contributed by atoms with Gasteiger partial charge in [-0.25, -0.2) is 4.79 Å². The minimum Gasteiger partial charge on any atom is -0.444 e. The molecule has 3 aliphatic rings. The van der Waals surface area contributed by atoms with Gasteiger partial charge in [-0.1, -0.05) is 5.16 Å². The number of likely N-dealkylation sites (tertiary alicyclic amines) is 1. The first-order chi connectivity index (χ1) is 10.4. The summed E-state index contributed by atoms with van der Waals surface area (Å²) in [7, 11) is 0. The zero-order valence-electron chi connectivity index (χ0n) is 13.7. The maximum absolute atomic E-state index is 13.1. The first-order valence-electron chi connectivity index (χ1n) is 7.67. The number of hydrogen-bond donors (Lipinski definition) is 0. The molecule has 5 nitrogen and oxygen atoms in total. The number of piperidine rings is 1. The molecular formula is C15H21F3N2O3. The molecule has 1 unspecified atom stereocenters.